The monoisotopic (exact) mass is 289 g/mol. The maximum absolute atomic E-state index is 12.0. The molecular weight excluding hydrogens is 270 g/mol. The highest BCUT2D eigenvalue weighted by Crippen LogP contribution is 2.05. The molecule has 0 spiro atoms. The van der Waals surface area contributed by atoms with E-state index in [4.69, 9.17) is 5.11 Å². The van der Waals surface area contributed by atoms with Crippen molar-refractivity contribution in [2.45, 2.75) is 26.3 Å². The number of carbonyl (C=O) groups excluding carboxylic acids is 2. The Morgan fingerprint density at radius 2 is 2.10 bits per heavy atom. The predicted molar refractivity (Wildman–Crippen MR) is 78.4 cm³/mol. The minimum absolute atomic E-state index is 0.120. The lowest BCUT2D eigenvalue weighted by atomic mass is 10.1. The first-order chi connectivity index (χ1) is 9.83. The standard InChI is InChI=1S/C15H19N3O3/c1-15(2,3)18-13(20)10-17-14(21)12-6-7-16-9-11(12)5-4-8-19/h6-7,9,19H,8,10H2,1-3H3,(H,17,21)(H,18,20). The van der Waals surface area contributed by atoms with Crippen molar-refractivity contribution >= 4 is 11.8 Å². The topological polar surface area (TPSA) is 91.3 Å². The summed E-state index contributed by atoms with van der Waals surface area (Å²) in [5, 5.41) is 14.0. The van der Waals surface area contributed by atoms with Gasteiger partial charge < -0.3 is 15.7 Å². The molecule has 0 radical (unpaired) electrons. The SMILES string of the molecule is CC(C)(C)NC(=O)CNC(=O)c1ccncc1C#CCO. The summed E-state index contributed by atoms with van der Waals surface area (Å²) in [6, 6.07) is 1.51. The highest BCUT2D eigenvalue weighted by Gasteiger charge is 2.15. The Hall–Kier alpha value is -2.39. The van der Waals surface area contributed by atoms with Crippen LogP contribution in [0.15, 0.2) is 18.5 Å². The third kappa shape index (κ3) is 6.06. The van der Waals surface area contributed by atoms with E-state index in [1.165, 1.54) is 18.5 Å². The number of hydrogen-bond acceptors (Lipinski definition) is 4. The Balaban J connectivity index is 2.71. The molecule has 0 bridgehead atoms. The lowest BCUT2D eigenvalue weighted by Crippen LogP contribution is -2.45. The summed E-state index contributed by atoms with van der Waals surface area (Å²) in [6.45, 7) is 5.16. The van der Waals surface area contributed by atoms with E-state index in [-0.39, 0.29) is 24.6 Å². The fourth-order valence-electron chi connectivity index (χ4n) is 1.55. The van der Waals surface area contributed by atoms with Gasteiger partial charge in [0.05, 0.1) is 17.7 Å². The third-order valence-electron chi connectivity index (χ3n) is 2.29. The van der Waals surface area contributed by atoms with Crippen LogP contribution in [0.3, 0.4) is 0 Å². The molecule has 112 valence electrons. The summed E-state index contributed by atoms with van der Waals surface area (Å²) in [7, 11) is 0. The van der Waals surface area contributed by atoms with Crippen LogP contribution in [0.5, 0.6) is 0 Å². The molecule has 2 amide bonds. The second-order valence-electron chi connectivity index (χ2n) is 5.36. The van der Waals surface area contributed by atoms with Crippen molar-refractivity contribution < 1.29 is 14.7 Å². The Labute approximate surface area is 124 Å². The van der Waals surface area contributed by atoms with Gasteiger partial charge in [-0.25, -0.2) is 0 Å². The highest BCUT2D eigenvalue weighted by atomic mass is 16.2. The van der Waals surface area contributed by atoms with Crippen LogP contribution in [0.1, 0.15) is 36.7 Å². The molecule has 1 aromatic heterocycles. The molecule has 0 fully saturated rings. The highest BCUT2D eigenvalue weighted by molar-refractivity contribution is 5.98. The fraction of sp³-hybridized carbons (Fsp3) is 0.400. The molecule has 0 atom stereocenters. The largest absolute Gasteiger partial charge is 0.384 e. The van der Waals surface area contributed by atoms with E-state index in [1.54, 1.807) is 0 Å². The lowest BCUT2D eigenvalue weighted by Gasteiger charge is -2.20. The Morgan fingerprint density at radius 3 is 2.71 bits per heavy atom. The minimum atomic E-state index is -0.413. The normalized spacial score (nSPS) is 10.3. The number of aromatic nitrogens is 1. The molecule has 1 rings (SSSR count). The number of carbonyl (C=O) groups is 2. The van der Waals surface area contributed by atoms with E-state index in [9.17, 15) is 9.59 Å². The van der Waals surface area contributed by atoms with Crippen molar-refractivity contribution in [2.24, 2.45) is 0 Å². The quantitative estimate of drug-likeness (QED) is 0.687. The average molecular weight is 289 g/mol. The molecule has 0 saturated carbocycles. The first-order valence-corrected chi connectivity index (χ1v) is 6.46. The van der Waals surface area contributed by atoms with E-state index in [0.29, 0.717) is 11.1 Å². The van der Waals surface area contributed by atoms with Crippen LogP contribution in [0.25, 0.3) is 0 Å². The zero-order valence-corrected chi connectivity index (χ0v) is 12.4. The number of nitrogens with one attached hydrogen (secondary N) is 2. The van der Waals surface area contributed by atoms with Crippen molar-refractivity contribution in [3.63, 3.8) is 0 Å². The summed E-state index contributed by atoms with van der Waals surface area (Å²) in [4.78, 5) is 27.6. The molecule has 6 heteroatoms. The minimum Gasteiger partial charge on any atom is -0.384 e. The predicted octanol–water partition coefficient (Wildman–Crippen LogP) is 0.0699. The molecule has 0 aliphatic rings. The second-order valence-corrected chi connectivity index (χ2v) is 5.36. The lowest BCUT2D eigenvalue weighted by molar-refractivity contribution is -0.121. The van der Waals surface area contributed by atoms with Gasteiger partial charge in [-0.05, 0) is 26.8 Å². The molecule has 6 nitrogen and oxygen atoms in total. The first-order valence-electron chi connectivity index (χ1n) is 6.46. The molecular formula is C15H19N3O3. The molecule has 1 aromatic rings. The number of rotatable bonds is 3. The van der Waals surface area contributed by atoms with Gasteiger partial charge in [-0.1, -0.05) is 11.8 Å². The molecule has 1 heterocycles. The van der Waals surface area contributed by atoms with Crippen LogP contribution in [0.2, 0.25) is 0 Å². The molecule has 21 heavy (non-hydrogen) atoms. The van der Waals surface area contributed by atoms with Crippen LogP contribution >= 0.6 is 0 Å². The van der Waals surface area contributed by atoms with E-state index >= 15 is 0 Å². The Kier molecular flexibility index (Phi) is 5.88. The zero-order valence-electron chi connectivity index (χ0n) is 12.4. The molecule has 0 aliphatic carbocycles. The number of aliphatic hydroxyl groups is 1. The summed E-state index contributed by atoms with van der Waals surface area (Å²) in [6.07, 6.45) is 2.90. The van der Waals surface area contributed by atoms with Crippen molar-refractivity contribution in [1.82, 2.24) is 15.6 Å². The average Bonchev–Trinajstić information content (AvgIpc) is 2.41. The second kappa shape index (κ2) is 7.41. The Bertz CT molecular complexity index is 580. The fourth-order valence-corrected chi connectivity index (χ4v) is 1.55. The molecule has 0 aromatic carbocycles. The number of aliphatic hydroxyl groups excluding tert-OH is 1. The van der Waals surface area contributed by atoms with Crippen LogP contribution in [0.4, 0.5) is 0 Å². The molecule has 3 N–H and O–H groups in total. The first kappa shape index (κ1) is 16.7. The van der Waals surface area contributed by atoms with E-state index in [1.807, 2.05) is 20.8 Å². The van der Waals surface area contributed by atoms with Crippen molar-refractivity contribution in [1.29, 1.82) is 0 Å². The number of pyridine rings is 1. The smallest absolute Gasteiger partial charge is 0.253 e. The van der Waals surface area contributed by atoms with Crippen molar-refractivity contribution in [2.75, 3.05) is 13.2 Å². The number of nitrogens with zero attached hydrogens (tertiary/aromatic N) is 1. The van der Waals surface area contributed by atoms with E-state index in [0.717, 1.165) is 0 Å². The van der Waals surface area contributed by atoms with E-state index in [2.05, 4.69) is 27.5 Å². The molecule has 0 aliphatic heterocycles. The number of hydrogen-bond donors (Lipinski definition) is 3. The summed E-state index contributed by atoms with van der Waals surface area (Å²) >= 11 is 0. The van der Waals surface area contributed by atoms with Gasteiger partial charge in [0.15, 0.2) is 0 Å². The van der Waals surface area contributed by atoms with Crippen LogP contribution in [-0.2, 0) is 4.79 Å². The van der Waals surface area contributed by atoms with Crippen LogP contribution in [-0.4, -0.2) is 40.6 Å². The molecule has 0 unspecified atom stereocenters. The summed E-state index contributed by atoms with van der Waals surface area (Å²) in [5.41, 5.74) is 0.366. The van der Waals surface area contributed by atoms with Crippen LogP contribution in [0, 0.1) is 11.8 Å². The maximum Gasteiger partial charge on any atom is 0.253 e. The summed E-state index contributed by atoms with van der Waals surface area (Å²) < 4.78 is 0. The van der Waals surface area contributed by atoms with Crippen molar-refractivity contribution in [3.8, 4) is 11.8 Å². The summed E-state index contributed by atoms with van der Waals surface area (Å²) in [5.74, 6) is 4.42. The van der Waals surface area contributed by atoms with Gasteiger partial charge in [-0.3, -0.25) is 14.6 Å². The van der Waals surface area contributed by atoms with Gasteiger partial charge >= 0.3 is 0 Å². The van der Waals surface area contributed by atoms with Gasteiger partial charge in [0.2, 0.25) is 5.91 Å². The van der Waals surface area contributed by atoms with Gasteiger partial charge in [0.1, 0.15) is 6.61 Å². The third-order valence-corrected chi connectivity index (χ3v) is 2.29. The zero-order chi connectivity index (χ0) is 15.9. The van der Waals surface area contributed by atoms with Gasteiger partial charge in [0.25, 0.3) is 5.91 Å². The number of amides is 2. The van der Waals surface area contributed by atoms with Gasteiger partial charge in [-0.15, -0.1) is 0 Å². The Morgan fingerprint density at radius 1 is 1.38 bits per heavy atom. The maximum atomic E-state index is 12.0. The van der Waals surface area contributed by atoms with Crippen LogP contribution < -0.4 is 10.6 Å². The van der Waals surface area contributed by atoms with Gasteiger partial charge in [-0.2, -0.15) is 0 Å². The van der Waals surface area contributed by atoms with Gasteiger partial charge in [0, 0.05) is 17.9 Å². The van der Waals surface area contributed by atoms with E-state index < -0.39 is 5.91 Å². The van der Waals surface area contributed by atoms with Crippen molar-refractivity contribution in [3.05, 3.63) is 29.6 Å². The molecule has 0 saturated heterocycles.